The van der Waals surface area contributed by atoms with Crippen molar-refractivity contribution in [1.29, 1.82) is 0 Å². The normalized spacial score (nSPS) is 11.8. The third kappa shape index (κ3) is 4.03. The highest BCUT2D eigenvalue weighted by molar-refractivity contribution is 5.97. The van der Waals surface area contributed by atoms with Crippen LogP contribution in [0.15, 0.2) is 61.2 Å². The van der Waals surface area contributed by atoms with Gasteiger partial charge in [-0.05, 0) is 24.6 Å². The number of ether oxygens (including phenoxy) is 1. The number of aryl methyl sites for hydroxylation is 1. The Balaban J connectivity index is 1.87. The minimum Gasteiger partial charge on any atom is -0.496 e. The van der Waals surface area contributed by atoms with Gasteiger partial charge in [0.05, 0.1) is 25.3 Å². The summed E-state index contributed by atoms with van der Waals surface area (Å²) in [7, 11) is 1.56. The summed E-state index contributed by atoms with van der Waals surface area (Å²) < 4.78 is 7.03. The molecule has 0 aliphatic rings. The molecule has 1 atom stereocenters. The number of hydrogen-bond donors (Lipinski definition) is 1. The fraction of sp³-hybridized carbons (Fsp3) is 0.211. The average molecular weight is 336 g/mol. The van der Waals surface area contributed by atoms with Crippen LogP contribution in [-0.4, -0.2) is 27.8 Å². The highest BCUT2D eigenvalue weighted by Gasteiger charge is 2.19. The van der Waals surface area contributed by atoms with E-state index in [4.69, 9.17) is 4.74 Å². The second-order valence-electron chi connectivity index (χ2n) is 5.76. The van der Waals surface area contributed by atoms with Crippen LogP contribution in [-0.2, 0) is 6.54 Å². The number of benzene rings is 2. The zero-order valence-corrected chi connectivity index (χ0v) is 14.2. The molecule has 0 spiro atoms. The Hall–Kier alpha value is -3.15. The van der Waals surface area contributed by atoms with E-state index in [0.717, 1.165) is 11.1 Å². The van der Waals surface area contributed by atoms with Crippen molar-refractivity contribution in [2.45, 2.75) is 19.5 Å². The number of amides is 1. The van der Waals surface area contributed by atoms with Crippen molar-refractivity contribution in [2.75, 3.05) is 7.11 Å². The monoisotopic (exact) mass is 336 g/mol. The largest absolute Gasteiger partial charge is 0.496 e. The van der Waals surface area contributed by atoms with Gasteiger partial charge in [0.2, 0.25) is 0 Å². The van der Waals surface area contributed by atoms with Crippen molar-refractivity contribution in [3.63, 3.8) is 0 Å². The lowest BCUT2D eigenvalue weighted by Crippen LogP contribution is -2.32. The van der Waals surface area contributed by atoms with Gasteiger partial charge in [-0.15, -0.1) is 0 Å². The molecule has 6 nitrogen and oxygen atoms in total. The van der Waals surface area contributed by atoms with Crippen molar-refractivity contribution in [3.05, 3.63) is 77.9 Å². The van der Waals surface area contributed by atoms with Crippen molar-refractivity contribution < 1.29 is 9.53 Å². The first-order valence-corrected chi connectivity index (χ1v) is 8.00. The maximum absolute atomic E-state index is 12.9. The SMILES string of the molecule is COc1ccc(C)cc1C(=O)N[C@@H](Cn1cncn1)c1ccccc1. The predicted octanol–water partition coefficient (Wildman–Crippen LogP) is 2.77. The van der Waals surface area contributed by atoms with Crippen LogP contribution in [0.4, 0.5) is 0 Å². The maximum atomic E-state index is 12.9. The molecule has 0 radical (unpaired) electrons. The van der Waals surface area contributed by atoms with Gasteiger partial charge in [-0.1, -0.05) is 42.0 Å². The zero-order valence-electron chi connectivity index (χ0n) is 14.2. The van der Waals surface area contributed by atoms with Gasteiger partial charge >= 0.3 is 0 Å². The molecule has 1 N–H and O–H groups in total. The predicted molar refractivity (Wildman–Crippen MR) is 94.4 cm³/mol. The average Bonchev–Trinajstić information content (AvgIpc) is 3.15. The van der Waals surface area contributed by atoms with E-state index in [0.29, 0.717) is 17.9 Å². The molecule has 0 unspecified atom stereocenters. The van der Waals surface area contributed by atoms with E-state index in [-0.39, 0.29) is 11.9 Å². The van der Waals surface area contributed by atoms with Gasteiger partial charge in [0.25, 0.3) is 5.91 Å². The van der Waals surface area contributed by atoms with E-state index in [2.05, 4.69) is 15.4 Å². The summed E-state index contributed by atoms with van der Waals surface area (Å²) in [4.78, 5) is 16.8. The quantitative estimate of drug-likeness (QED) is 0.751. The fourth-order valence-corrected chi connectivity index (χ4v) is 2.67. The first kappa shape index (κ1) is 16.7. The van der Waals surface area contributed by atoms with Crippen LogP contribution in [0, 0.1) is 6.92 Å². The second-order valence-corrected chi connectivity index (χ2v) is 5.76. The molecule has 2 aromatic carbocycles. The number of nitrogens with one attached hydrogen (secondary N) is 1. The van der Waals surface area contributed by atoms with Gasteiger partial charge in [-0.2, -0.15) is 5.10 Å². The number of nitrogens with zero attached hydrogens (tertiary/aromatic N) is 3. The molecule has 0 bridgehead atoms. The Kier molecular flexibility index (Phi) is 5.09. The standard InChI is InChI=1S/C19H20N4O2/c1-14-8-9-18(25-2)16(10-14)19(24)22-17(11-23-13-20-12-21-23)15-6-4-3-5-7-15/h3-10,12-13,17H,11H2,1-2H3,(H,22,24)/t17-/m0/s1. The number of hydrogen-bond acceptors (Lipinski definition) is 4. The smallest absolute Gasteiger partial charge is 0.255 e. The van der Waals surface area contributed by atoms with Crippen LogP contribution in [0.3, 0.4) is 0 Å². The minimum absolute atomic E-state index is 0.186. The van der Waals surface area contributed by atoms with Gasteiger partial charge in [0, 0.05) is 0 Å². The zero-order chi connectivity index (χ0) is 17.6. The first-order valence-electron chi connectivity index (χ1n) is 8.00. The molecular formula is C19H20N4O2. The Bertz CT molecular complexity index is 832. The van der Waals surface area contributed by atoms with Crippen LogP contribution < -0.4 is 10.1 Å². The lowest BCUT2D eigenvalue weighted by molar-refractivity contribution is 0.0928. The molecule has 0 aliphatic carbocycles. The van der Waals surface area contributed by atoms with Crippen LogP contribution >= 0.6 is 0 Å². The molecule has 6 heteroatoms. The van der Waals surface area contributed by atoms with E-state index in [1.807, 2.05) is 49.4 Å². The van der Waals surface area contributed by atoms with Gasteiger partial charge in [0.15, 0.2) is 0 Å². The first-order chi connectivity index (χ1) is 12.2. The third-order valence-electron chi connectivity index (χ3n) is 3.94. The molecule has 0 saturated heterocycles. The number of carbonyl (C=O) groups excluding carboxylic acids is 1. The summed E-state index contributed by atoms with van der Waals surface area (Å²) in [6, 6.07) is 15.1. The highest BCUT2D eigenvalue weighted by Crippen LogP contribution is 2.22. The van der Waals surface area contributed by atoms with Crippen LogP contribution in [0.5, 0.6) is 5.75 Å². The molecule has 1 aromatic heterocycles. The molecule has 25 heavy (non-hydrogen) atoms. The minimum atomic E-state index is -0.236. The summed E-state index contributed by atoms with van der Waals surface area (Å²) in [5, 5.41) is 7.22. The van der Waals surface area contributed by atoms with Gasteiger partial charge < -0.3 is 10.1 Å². The van der Waals surface area contributed by atoms with Gasteiger partial charge in [0.1, 0.15) is 18.4 Å². The summed E-state index contributed by atoms with van der Waals surface area (Å²) in [5.74, 6) is 0.366. The lowest BCUT2D eigenvalue weighted by Gasteiger charge is -2.20. The number of aromatic nitrogens is 3. The maximum Gasteiger partial charge on any atom is 0.255 e. The highest BCUT2D eigenvalue weighted by atomic mass is 16.5. The number of rotatable bonds is 6. The Morgan fingerprint density at radius 2 is 2.04 bits per heavy atom. The van der Waals surface area contributed by atoms with Crippen LogP contribution in [0.25, 0.3) is 0 Å². The van der Waals surface area contributed by atoms with E-state index >= 15 is 0 Å². The van der Waals surface area contributed by atoms with Crippen molar-refractivity contribution in [1.82, 2.24) is 20.1 Å². The summed E-state index contributed by atoms with van der Waals surface area (Å²) >= 11 is 0. The molecule has 0 fully saturated rings. The molecule has 0 saturated carbocycles. The summed E-state index contributed by atoms with van der Waals surface area (Å²) in [6.45, 7) is 2.43. The number of methoxy groups -OCH3 is 1. The summed E-state index contributed by atoms with van der Waals surface area (Å²) in [6.07, 6.45) is 3.11. The van der Waals surface area contributed by atoms with E-state index in [1.165, 1.54) is 6.33 Å². The number of carbonyl (C=O) groups is 1. The van der Waals surface area contributed by atoms with Crippen molar-refractivity contribution >= 4 is 5.91 Å². The van der Waals surface area contributed by atoms with Gasteiger partial charge in [-0.25, -0.2) is 4.98 Å². The molecule has 0 aliphatic heterocycles. The molecule has 128 valence electrons. The molecule has 1 heterocycles. The van der Waals surface area contributed by atoms with Crippen molar-refractivity contribution in [2.24, 2.45) is 0 Å². The second kappa shape index (κ2) is 7.61. The van der Waals surface area contributed by atoms with Gasteiger partial charge in [-0.3, -0.25) is 9.48 Å². The van der Waals surface area contributed by atoms with E-state index in [9.17, 15) is 4.79 Å². The molecular weight excluding hydrogens is 316 g/mol. The Labute approximate surface area is 146 Å². The Morgan fingerprint density at radius 3 is 2.72 bits per heavy atom. The van der Waals surface area contributed by atoms with Crippen molar-refractivity contribution in [3.8, 4) is 5.75 Å². The van der Waals surface area contributed by atoms with Crippen LogP contribution in [0.1, 0.15) is 27.5 Å². The third-order valence-corrected chi connectivity index (χ3v) is 3.94. The summed E-state index contributed by atoms with van der Waals surface area (Å²) in [5.41, 5.74) is 2.51. The van der Waals surface area contributed by atoms with E-state index in [1.54, 1.807) is 24.2 Å². The Morgan fingerprint density at radius 1 is 1.24 bits per heavy atom. The lowest BCUT2D eigenvalue weighted by atomic mass is 10.1. The molecule has 1 amide bonds. The topological polar surface area (TPSA) is 69.0 Å². The van der Waals surface area contributed by atoms with Crippen LogP contribution in [0.2, 0.25) is 0 Å². The molecule has 3 rings (SSSR count). The molecule has 3 aromatic rings. The van der Waals surface area contributed by atoms with E-state index < -0.39 is 0 Å². The fourth-order valence-electron chi connectivity index (χ4n) is 2.67.